The molecule has 2 aromatic carbocycles. The van der Waals surface area contributed by atoms with Crippen LogP contribution in [-0.4, -0.2) is 142 Å². The molecule has 7 rings (SSSR count). The van der Waals surface area contributed by atoms with Gasteiger partial charge in [-0.1, -0.05) is 19.9 Å². The van der Waals surface area contributed by atoms with Crippen molar-refractivity contribution in [3.63, 3.8) is 0 Å². The molecule has 66 heavy (non-hydrogen) atoms. The number of aryl methyl sites for hydroxylation is 1. The average Bonchev–Trinajstić information content (AvgIpc) is 3.64. The molecule has 23 heteroatoms. The average molecular weight is 940 g/mol. The number of pyridine rings is 2. The predicted molar refractivity (Wildman–Crippen MR) is 230 cm³/mol. The molecule has 6 atom stereocenters. The number of nitrogens with one attached hydrogen (secondary N) is 2. The standard InChI is InChI=1S/C43H49N5O17S/c1-5-23-24-14-22(8-9-28(24)46-33-25(23)17-48-30(33)15-27-26(38(48)53)19-61-41(56)43(27,58)6-2)63-20-47(11-12-66(4,59)60)42(57)62-18-21-7-10-31(29(13-21)45-32(49)16-44-3)64-40-36(52)34(50)35(51)37(65-40)39(54)55/h7-10,13-15,34-37,40,44,50-52,58H,5-6,11-12,16-20H2,1-4H3,(H,45,49)(H,54,55)/t34-,35-,36+,37-,40+,43-/m0/s1. The van der Waals surface area contributed by atoms with Crippen molar-refractivity contribution in [1.29, 1.82) is 0 Å². The van der Waals surface area contributed by atoms with Crippen LogP contribution in [-0.2, 0) is 70.2 Å². The fourth-order valence-electron chi connectivity index (χ4n) is 8.00. The molecule has 2 aromatic heterocycles. The summed E-state index contributed by atoms with van der Waals surface area (Å²) in [6, 6.07) is 10.7. The quantitative estimate of drug-likeness (QED) is 0.0509. The highest BCUT2D eigenvalue weighted by Gasteiger charge is 2.49. The second-order valence-electron chi connectivity index (χ2n) is 16.0. The van der Waals surface area contributed by atoms with Gasteiger partial charge in [-0.15, -0.1) is 0 Å². The second kappa shape index (κ2) is 18.9. The van der Waals surface area contributed by atoms with Crippen molar-refractivity contribution >= 4 is 50.4 Å². The van der Waals surface area contributed by atoms with E-state index in [9.17, 15) is 57.9 Å². The van der Waals surface area contributed by atoms with Crippen molar-refractivity contribution in [3.05, 3.63) is 80.6 Å². The summed E-state index contributed by atoms with van der Waals surface area (Å²) in [7, 11) is -2.05. The molecule has 0 radical (unpaired) electrons. The van der Waals surface area contributed by atoms with E-state index in [0.29, 0.717) is 34.5 Å². The van der Waals surface area contributed by atoms with E-state index in [1.165, 1.54) is 25.2 Å². The van der Waals surface area contributed by atoms with Gasteiger partial charge >= 0.3 is 18.0 Å². The van der Waals surface area contributed by atoms with Crippen LogP contribution < -0.4 is 25.7 Å². The highest BCUT2D eigenvalue weighted by Crippen LogP contribution is 2.41. The number of sulfone groups is 1. The van der Waals surface area contributed by atoms with Crippen LogP contribution in [0, 0.1) is 0 Å². The predicted octanol–water partition coefficient (Wildman–Crippen LogP) is 0.0906. The molecule has 0 unspecified atom stereocenters. The monoisotopic (exact) mass is 939 g/mol. The number of aliphatic carboxylic acids is 1. The summed E-state index contributed by atoms with van der Waals surface area (Å²) in [5.74, 6) is -3.29. The third-order valence-corrected chi connectivity index (χ3v) is 12.5. The molecule has 354 valence electrons. The van der Waals surface area contributed by atoms with Gasteiger partial charge in [-0.3, -0.25) is 14.5 Å². The van der Waals surface area contributed by atoms with Gasteiger partial charge in [0, 0.05) is 29.3 Å². The summed E-state index contributed by atoms with van der Waals surface area (Å²) in [4.78, 5) is 70.1. The third-order valence-electron chi connectivity index (χ3n) is 11.6. The lowest BCUT2D eigenvalue weighted by atomic mass is 9.86. The largest absolute Gasteiger partial charge is 0.479 e. The zero-order chi connectivity index (χ0) is 47.8. The molecule has 2 amide bonds. The number of esters is 1. The van der Waals surface area contributed by atoms with Crippen molar-refractivity contribution in [2.45, 2.75) is 82.8 Å². The van der Waals surface area contributed by atoms with Gasteiger partial charge in [0.05, 0.1) is 47.0 Å². The lowest BCUT2D eigenvalue weighted by Gasteiger charge is -2.38. The maximum absolute atomic E-state index is 13.8. The number of anilines is 1. The van der Waals surface area contributed by atoms with Gasteiger partial charge in [-0.25, -0.2) is 27.8 Å². The summed E-state index contributed by atoms with van der Waals surface area (Å²) in [6.07, 6.45) is -9.01. The zero-order valence-electron chi connectivity index (χ0n) is 36.2. The van der Waals surface area contributed by atoms with Crippen molar-refractivity contribution < 1.29 is 76.8 Å². The number of carbonyl (C=O) groups is 4. The van der Waals surface area contributed by atoms with Crippen molar-refractivity contribution in [2.75, 3.05) is 44.2 Å². The number of fused-ring (bicyclic) bond motifs is 5. The van der Waals surface area contributed by atoms with E-state index < -0.39 is 94.7 Å². The number of benzene rings is 2. The Morgan fingerprint density at radius 2 is 1.79 bits per heavy atom. The number of cyclic esters (lactones) is 1. The first-order valence-electron chi connectivity index (χ1n) is 20.8. The van der Waals surface area contributed by atoms with Crippen LogP contribution in [0.1, 0.15) is 48.1 Å². The zero-order valence-corrected chi connectivity index (χ0v) is 37.0. The summed E-state index contributed by atoms with van der Waals surface area (Å²) in [5.41, 5.74) is 1.44. The van der Waals surface area contributed by atoms with E-state index in [1.807, 2.05) is 6.92 Å². The summed E-state index contributed by atoms with van der Waals surface area (Å²) >= 11 is 0. The van der Waals surface area contributed by atoms with Crippen molar-refractivity contribution in [2.24, 2.45) is 0 Å². The van der Waals surface area contributed by atoms with Crippen molar-refractivity contribution in [1.82, 2.24) is 19.8 Å². The van der Waals surface area contributed by atoms with E-state index >= 15 is 0 Å². The minimum Gasteiger partial charge on any atom is -0.479 e. The SMILES string of the molecule is CCc1c2c(nc3ccc(OCN(CCS(C)(=O)=O)C(=O)OCc4ccc(O[C@@H]5O[C@H](C(=O)O)[C@@H](O)[C@H](O)[C@H]5O)c(NC(=O)CNC)c4)cc13)-c1cc3c(c(=O)n1C2)COC(=O)[C@]3(O)CC. The number of ether oxygens (including phenoxy) is 5. The number of carboxylic acids is 1. The molecule has 22 nitrogen and oxygen atoms in total. The highest BCUT2D eigenvalue weighted by atomic mass is 32.2. The summed E-state index contributed by atoms with van der Waals surface area (Å²) < 4.78 is 53.6. The Morgan fingerprint density at radius 1 is 1.03 bits per heavy atom. The number of likely N-dealkylation sites (N-methyl/N-ethyl adjacent to an activating group) is 1. The Hall–Kier alpha value is -6.21. The van der Waals surface area contributed by atoms with Crippen LogP contribution in [0.4, 0.5) is 10.5 Å². The number of hydrogen-bond acceptors (Lipinski definition) is 18. The molecule has 4 aromatic rings. The minimum absolute atomic E-state index is 0.000546. The smallest absolute Gasteiger partial charge is 0.412 e. The van der Waals surface area contributed by atoms with E-state index in [1.54, 1.807) is 35.8 Å². The van der Waals surface area contributed by atoms with E-state index in [2.05, 4.69) is 10.6 Å². The van der Waals surface area contributed by atoms with E-state index in [4.69, 9.17) is 28.7 Å². The van der Waals surface area contributed by atoms with Gasteiger partial charge in [-0.2, -0.15) is 0 Å². The maximum atomic E-state index is 13.8. The van der Waals surface area contributed by atoms with Gasteiger partial charge in [0.25, 0.3) is 5.56 Å². The number of aliphatic hydroxyl groups excluding tert-OH is 3. The maximum Gasteiger partial charge on any atom is 0.412 e. The minimum atomic E-state index is -3.57. The molecular formula is C43H49N5O17S. The summed E-state index contributed by atoms with van der Waals surface area (Å²) in [6.45, 7) is 2.14. The molecule has 0 saturated carbocycles. The molecular weight excluding hydrogens is 891 g/mol. The number of hydrogen-bond donors (Lipinski definition) is 7. The number of amides is 2. The molecule has 7 N–H and O–H groups in total. The third kappa shape index (κ3) is 9.40. The summed E-state index contributed by atoms with van der Waals surface area (Å²) in [5, 5.41) is 57.5. The molecule has 0 spiro atoms. The lowest BCUT2D eigenvalue weighted by Crippen LogP contribution is -2.61. The number of carboxylic acid groups (broad SMARTS) is 1. The number of aromatic nitrogens is 2. The van der Waals surface area contributed by atoms with Crippen LogP contribution in [0.3, 0.4) is 0 Å². The fourth-order valence-corrected chi connectivity index (χ4v) is 8.56. The van der Waals surface area contributed by atoms with Crippen LogP contribution in [0.2, 0.25) is 0 Å². The molecule has 3 aliphatic rings. The molecule has 3 aliphatic heterocycles. The molecule has 1 saturated heterocycles. The van der Waals surface area contributed by atoms with Crippen LogP contribution >= 0.6 is 0 Å². The van der Waals surface area contributed by atoms with E-state index in [-0.39, 0.29) is 60.8 Å². The molecule has 0 aliphatic carbocycles. The second-order valence-corrected chi connectivity index (χ2v) is 18.3. The van der Waals surface area contributed by atoms with Gasteiger partial charge in [0.15, 0.2) is 18.4 Å². The first-order chi connectivity index (χ1) is 31.3. The molecule has 0 bridgehead atoms. The van der Waals surface area contributed by atoms with Crippen molar-refractivity contribution in [3.8, 4) is 22.9 Å². The van der Waals surface area contributed by atoms with Gasteiger partial charge in [0.2, 0.25) is 12.2 Å². The Balaban J connectivity index is 1.10. The normalized spacial score (nSPS) is 22.1. The Labute approximate surface area is 376 Å². The Kier molecular flexibility index (Phi) is 13.7. The highest BCUT2D eigenvalue weighted by molar-refractivity contribution is 7.90. The number of aliphatic hydroxyl groups is 4. The molecule has 5 heterocycles. The van der Waals surface area contributed by atoms with Crippen LogP contribution in [0.25, 0.3) is 22.3 Å². The number of carbonyl (C=O) groups excluding carboxylic acids is 3. The first kappa shape index (κ1) is 47.7. The van der Waals surface area contributed by atoms with Gasteiger partial charge in [-0.05, 0) is 67.4 Å². The van der Waals surface area contributed by atoms with Gasteiger partial charge < -0.3 is 64.4 Å². The first-order valence-corrected chi connectivity index (χ1v) is 22.9. The fraction of sp³-hybridized carbons (Fsp3) is 0.442. The topological polar surface area (TPSA) is 312 Å². The van der Waals surface area contributed by atoms with E-state index in [0.717, 1.165) is 22.3 Å². The van der Waals surface area contributed by atoms with Gasteiger partial charge in [0.1, 0.15) is 52.9 Å². The Bertz CT molecular complexity index is 2760. The number of rotatable bonds is 16. The van der Waals surface area contributed by atoms with Crippen LogP contribution in [0.15, 0.2) is 47.3 Å². The number of nitrogens with zero attached hydrogens (tertiary/aromatic N) is 3. The Morgan fingerprint density at radius 3 is 2.47 bits per heavy atom. The lowest BCUT2D eigenvalue weighted by molar-refractivity contribution is -0.271. The van der Waals surface area contributed by atoms with Crippen LogP contribution in [0.5, 0.6) is 11.5 Å². The molecule has 1 fully saturated rings.